The number of hydrogen-bond acceptors (Lipinski definition) is 6. The van der Waals surface area contributed by atoms with Crippen molar-refractivity contribution in [2.45, 2.75) is 39.3 Å². The summed E-state index contributed by atoms with van der Waals surface area (Å²) in [5, 5.41) is 12.7. The Balaban J connectivity index is 1.39. The van der Waals surface area contributed by atoms with Crippen molar-refractivity contribution in [1.82, 2.24) is 14.5 Å². The second-order valence-corrected chi connectivity index (χ2v) is 8.30. The van der Waals surface area contributed by atoms with Gasteiger partial charge in [-0.25, -0.2) is 9.97 Å². The lowest BCUT2D eigenvalue weighted by Crippen LogP contribution is -3.15. The van der Waals surface area contributed by atoms with E-state index in [1.807, 2.05) is 24.5 Å². The normalized spacial score (nSPS) is 19.4. The molecule has 4 heterocycles. The van der Waals surface area contributed by atoms with E-state index in [1.54, 1.807) is 12.4 Å². The first kappa shape index (κ1) is 21.3. The van der Waals surface area contributed by atoms with Gasteiger partial charge in [-0.05, 0) is 38.3 Å². The van der Waals surface area contributed by atoms with Crippen LogP contribution in [0.1, 0.15) is 29.7 Å². The molecule has 0 spiro atoms. The summed E-state index contributed by atoms with van der Waals surface area (Å²) in [5.41, 5.74) is 2.47. The summed E-state index contributed by atoms with van der Waals surface area (Å²) in [7, 11) is 0. The molecule has 31 heavy (non-hydrogen) atoms. The zero-order chi connectivity index (χ0) is 21.8. The van der Waals surface area contributed by atoms with Crippen LogP contribution in [0, 0.1) is 25.2 Å². The Hall–Kier alpha value is -2.96. The highest BCUT2D eigenvalue weighted by atomic mass is 16.5. The van der Waals surface area contributed by atoms with Crippen LogP contribution >= 0.6 is 0 Å². The van der Waals surface area contributed by atoms with Crippen LogP contribution in [0.5, 0.6) is 0 Å². The topological polar surface area (TPSA) is 101 Å². The van der Waals surface area contributed by atoms with Crippen LogP contribution < -0.4 is 15.1 Å². The molecule has 2 aliphatic heterocycles. The van der Waals surface area contributed by atoms with Gasteiger partial charge in [-0.15, -0.1) is 0 Å². The van der Waals surface area contributed by atoms with Crippen molar-refractivity contribution in [3.63, 3.8) is 0 Å². The standard InChI is InChI=1S/C22H29N7O2/c1-16-17(2)29(14-18-5-3-12-31-18)21(19(16)13-23)26-20(30)15-27-8-10-28(11-9-27)22-24-6-4-7-25-22/h4,6-7,18H,3,5,8-12,14-15H2,1-2H3,(H,26,30)/p+1/t18-/m1/s1. The van der Waals surface area contributed by atoms with Crippen LogP contribution in [0.4, 0.5) is 11.8 Å². The zero-order valence-electron chi connectivity index (χ0n) is 18.2. The predicted molar refractivity (Wildman–Crippen MR) is 116 cm³/mol. The van der Waals surface area contributed by atoms with E-state index in [9.17, 15) is 10.1 Å². The van der Waals surface area contributed by atoms with E-state index in [-0.39, 0.29) is 12.0 Å². The maximum Gasteiger partial charge on any atom is 0.280 e. The fourth-order valence-corrected chi connectivity index (χ4v) is 4.41. The van der Waals surface area contributed by atoms with Crippen LogP contribution in [-0.4, -0.2) is 65.9 Å². The zero-order valence-corrected chi connectivity index (χ0v) is 18.2. The third kappa shape index (κ3) is 4.70. The second kappa shape index (κ2) is 9.45. The number of anilines is 2. The highest BCUT2D eigenvalue weighted by Gasteiger charge is 2.27. The summed E-state index contributed by atoms with van der Waals surface area (Å²) in [6.45, 7) is 9.04. The van der Waals surface area contributed by atoms with Crippen molar-refractivity contribution in [1.29, 1.82) is 5.26 Å². The van der Waals surface area contributed by atoms with Crippen molar-refractivity contribution in [2.24, 2.45) is 0 Å². The molecule has 0 radical (unpaired) electrons. The monoisotopic (exact) mass is 424 g/mol. The summed E-state index contributed by atoms with van der Waals surface area (Å²) in [4.78, 5) is 24.9. The number of nitrogens with zero attached hydrogens (tertiary/aromatic N) is 5. The summed E-state index contributed by atoms with van der Waals surface area (Å²) in [6, 6.07) is 4.09. The fraction of sp³-hybridized carbons (Fsp3) is 0.545. The Labute approximate surface area is 182 Å². The number of aromatic nitrogens is 3. The predicted octanol–water partition coefficient (Wildman–Crippen LogP) is 0.289. The largest absolute Gasteiger partial charge is 0.376 e. The molecule has 0 aliphatic carbocycles. The van der Waals surface area contributed by atoms with E-state index in [0.717, 1.165) is 62.8 Å². The van der Waals surface area contributed by atoms with Crippen molar-refractivity contribution >= 4 is 17.7 Å². The Morgan fingerprint density at radius 2 is 2.06 bits per heavy atom. The maximum absolute atomic E-state index is 12.9. The average Bonchev–Trinajstić information content (AvgIpc) is 3.38. The number of piperazine rings is 1. The molecule has 2 aliphatic rings. The molecule has 9 nitrogen and oxygen atoms in total. The van der Waals surface area contributed by atoms with Crippen LogP contribution in [0.3, 0.4) is 0 Å². The summed E-state index contributed by atoms with van der Waals surface area (Å²) in [5.74, 6) is 1.28. The molecule has 2 N–H and O–H groups in total. The van der Waals surface area contributed by atoms with Gasteiger partial charge in [-0.2, -0.15) is 5.26 Å². The Morgan fingerprint density at radius 3 is 2.71 bits per heavy atom. The number of nitrogens with one attached hydrogen (secondary N) is 2. The molecule has 2 saturated heterocycles. The number of amides is 1. The van der Waals surface area contributed by atoms with Gasteiger partial charge < -0.3 is 24.4 Å². The van der Waals surface area contributed by atoms with Crippen molar-refractivity contribution in [2.75, 3.05) is 49.5 Å². The van der Waals surface area contributed by atoms with Gasteiger partial charge in [0.2, 0.25) is 5.95 Å². The number of carbonyl (C=O) groups excluding carboxylic acids is 1. The fourth-order valence-electron chi connectivity index (χ4n) is 4.41. The average molecular weight is 425 g/mol. The smallest absolute Gasteiger partial charge is 0.280 e. The Morgan fingerprint density at radius 1 is 1.32 bits per heavy atom. The second-order valence-electron chi connectivity index (χ2n) is 8.30. The first-order valence-corrected chi connectivity index (χ1v) is 10.9. The molecule has 1 amide bonds. The lowest BCUT2D eigenvalue weighted by molar-refractivity contribution is -0.892. The molecule has 0 unspecified atom stereocenters. The SMILES string of the molecule is Cc1c(C#N)c(NC(=O)C[NH+]2CCN(c3ncccn3)CC2)n(C[C@H]2CCCO2)c1C. The van der Waals surface area contributed by atoms with Gasteiger partial charge in [0, 0.05) is 24.7 Å². The van der Waals surface area contributed by atoms with Crippen molar-refractivity contribution < 1.29 is 14.4 Å². The summed E-state index contributed by atoms with van der Waals surface area (Å²) < 4.78 is 7.83. The third-order valence-electron chi connectivity index (χ3n) is 6.33. The molecule has 9 heteroatoms. The van der Waals surface area contributed by atoms with Gasteiger partial charge in [0.1, 0.15) is 11.9 Å². The molecule has 2 aromatic rings. The lowest BCUT2D eigenvalue weighted by Gasteiger charge is -2.31. The van der Waals surface area contributed by atoms with Gasteiger partial charge >= 0.3 is 0 Å². The number of ether oxygens (including phenoxy) is 1. The first-order chi connectivity index (χ1) is 15.1. The molecular weight excluding hydrogens is 394 g/mol. The maximum atomic E-state index is 12.9. The number of nitriles is 1. The van der Waals surface area contributed by atoms with E-state index < -0.39 is 0 Å². The van der Waals surface area contributed by atoms with Crippen molar-refractivity contribution in [3.05, 3.63) is 35.3 Å². The van der Waals surface area contributed by atoms with Gasteiger partial charge in [0.05, 0.1) is 44.4 Å². The first-order valence-electron chi connectivity index (χ1n) is 10.9. The summed E-state index contributed by atoms with van der Waals surface area (Å²) in [6.07, 6.45) is 5.69. The number of rotatable bonds is 6. The van der Waals surface area contributed by atoms with E-state index in [0.29, 0.717) is 24.5 Å². The minimum Gasteiger partial charge on any atom is -0.376 e. The van der Waals surface area contributed by atoms with Gasteiger partial charge in [-0.3, -0.25) is 4.79 Å². The molecule has 0 saturated carbocycles. The number of hydrogen-bond donors (Lipinski definition) is 2. The quantitative estimate of drug-likeness (QED) is 0.691. The molecule has 2 fully saturated rings. The third-order valence-corrected chi connectivity index (χ3v) is 6.33. The highest BCUT2D eigenvalue weighted by Crippen LogP contribution is 2.28. The highest BCUT2D eigenvalue weighted by molar-refractivity contribution is 5.92. The Kier molecular flexibility index (Phi) is 6.49. The van der Waals surface area contributed by atoms with E-state index in [4.69, 9.17) is 4.74 Å². The van der Waals surface area contributed by atoms with Crippen LogP contribution in [0.15, 0.2) is 18.5 Å². The number of quaternary nitrogens is 1. The van der Waals surface area contributed by atoms with Crippen LogP contribution in [0.2, 0.25) is 0 Å². The summed E-state index contributed by atoms with van der Waals surface area (Å²) >= 11 is 0. The molecular formula is C22H30N7O2+. The number of carbonyl (C=O) groups is 1. The minimum atomic E-state index is -0.0676. The van der Waals surface area contributed by atoms with E-state index in [1.165, 1.54) is 4.90 Å². The van der Waals surface area contributed by atoms with Crippen LogP contribution in [-0.2, 0) is 16.1 Å². The Bertz CT molecular complexity index is 952. The van der Waals surface area contributed by atoms with Crippen molar-refractivity contribution in [3.8, 4) is 6.07 Å². The molecule has 4 rings (SSSR count). The van der Waals surface area contributed by atoms with Gasteiger partial charge in [0.25, 0.3) is 5.91 Å². The van der Waals surface area contributed by atoms with E-state index in [2.05, 4.69) is 26.3 Å². The van der Waals surface area contributed by atoms with Crippen LogP contribution in [0.25, 0.3) is 0 Å². The van der Waals surface area contributed by atoms with Gasteiger partial charge in [-0.1, -0.05) is 0 Å². The van der Waals surface area contributed by atoms with E-state index >= 15 is 0 Å². The lowest BCUT2D eigenvalue weighted by atomic mass is 10.2. The molecule has 0 aromatic carbocycles. The molecule has 1 atom stereocenters. The minimum absolute atomic E-state index is 0.0676. The van der Waals surface area contributed by atoms with Gasteiger partial charge in [0.15, 0.2) is 6.54 Å². The molecule has 164 valence electrons. The molecule has 0 bridgehead atoms. The molecule has 2 aromatic heterocycles.